The van der Waals surface area contributed by atoms with Crippen molar-refractivity contribution in [1.29, 1.82) is 0 Å². The number of nitrogens with one attached hydrogen (secondary N) is 1. The van der Waals surface area contributed by atoms with Crippen molar-refractivity contribution < 1.29 is 4.79 Å². The lowest BCUT2D eigenvalue weighted by Gasteiger charge is -2.15. The molecular weight excluding hydrogens is 382 g/mol. The molecule has 1 atom stereocenters. The summed E-state index contributed by atoms with van der Waals surface area (Å²) in [5.41, 5.74) is 2.28. The van der Waals surface area contributed by atoms with Gasteiger partial charge in [0.1, 0.15) is 12.0 Å². The van der Waals surface area contributed by atoms with Crippen LogP contribution >= 0.6 is 11.8 Å². The van der Waals surface area contributed by atoms with E-state index in [-0.39, 0.29) is 11.2 Å². The molecule has 0 radical (unpaired) electrons. The number of carbonyl (C=O) groups excluding carboxylic acids is 1. The van der Waals surface area contributed by atoms with Gasteiger partial charge >= 0.3 is 0 Å². The number of aryl methyl sites for hydroxylation is 1. The highest BCUT2D eigenvalue weighted by Crippen LogP contribution is 2.37. The number of carbonyl (C=O) groups is 1. The van der Waals surface area contributed by atoms with Crippen LogP contribution in [0.2, 0.25) is 0 Å². The van der Waals surface area contributed by atoms with Gasteiger partial charge in [-0.3, -0.25) is 9.78 Å². The molecule has 2 heterocycles. The number of amides is 1. The molecule has 0 saturated carbocycles. The van der Waals surface area contributed by atoms with Gasteiger partial charge in [-0.15, -0.1) is 10.2 Å². The fraction of sp³-hybridized carbons (Fsp3) is 0.182. The third-order valence-electron chi connectivity index (χ3n) is 4.67. The molecule has 0 aliphatic heterocycles. The second kappa shape index (κ2) is 8.45. The largest absolute Gasteiger partial charge is 0.321 e. The van der Waals surface area contributed by atoms with Gasteiger partial charge in [0.2, 0.25) is 0 Å². The SMILES string of the molecule is CCC(Sc1nncn1C)c1cccc(NC(=O)c2cc3ccccc3cn2)c1. The predicted octanol–water partition coefficient (Wildman–Crippen LogP) is 4.86. The van der Waals surface area contributed by atoms with Gasteiger partial charge in [0.05, 0.1) is 0 Å². The van der Waals surface area contributed by atoms with Crippen LogP contribution in [-0.4, -0.2) is 25.7 Å². The van der Waals surface area contributed by atoms with Crippen molar-refractivity contribution in [2.24, 2.45) is 7.05 Å². The normalized spacial score (nSPS) is 12.1. The van der Waals surface area contributed by atoms with Crippen molar-refractivity contribution in [2.75, 3.05) is 5.32 Å². The smallest absolute Gasteiger partial charge is 0.274 e. The Kier molecular flexibility index (Phi) is 5.57. The van der Waals surface area contributed by atoms with E-state index in [1.165, 1.54) is 0 Å². The number of aromatic nitrogens is 4. The molecule has 2 aromatic heterocycles. The molecule has 1 amide bonds. The third-order valence-corrected chi connectivity index (χ3v) is 6.14. The van der Waals surface area contributed by atoms with Crippen LogP contribution in [0.15, 0.2) is 72.3 Å². The summed E-state index contributed by atoms with van der Waals surface area (Å²) in [5.74, 6) is -0.220. The zero-order valence-electron chi connectivity index (χ0n) is 16.2. The van der Waals surface area contributed by atoms with Gasteiger partial charge in [0, 0.05) is 29.6 Å². The molecule has 146 valence electrons. The van der Waals surface area contributed by atoms with Crippen molar-refractivity contribution in [1.82, 2.24) is 19.7 Å². The van der Waals surface area contributed by atoms with Crippen LogP contribution in [0, 0.1) is 0 Å². The van der Waals surface area contributed by atoms with Gasteiger partial charge in [-0.2, -0.15) is 0 Å². The van der Waals surface area contributed by atoms with Crippen LogP contribution in [-0.2, 0) is 7.05 Å². The number of hydrogen-bond donors (Lipinski definition) is 1. The van der Waals surface area contributed by atoms with Crippen molar-refractivity contribution >= 4 is 34.1 Å². The van der Waals surface area contributed by atoms with Crippen LogP contribution in [0.25, 0.3) is 10.8 Å². The summed E-state index contributed by atoms with van der Waals surface area (Å²) in [6, 6.07) is 17.6. The lowest BCUT2D eigenvalue weighted by atomic mass is 10.1. The lowest BCUT2D eigenvalue weighted by molar-refractivity contribution is 0.102. The number of rotatable bonds is 6. The van der Waals surface area contributed by atoms with Gasteiger partial charge in [0.25, 0.3) is 5.91 Å². The third kappa shape index (κ3) is 4.30. The van der Waals surface area contributed by atoms with E-state index in [1.807, 2.05) is 60.1 Å². The first-order valence-corrected chi connectivity index (χ1v) is 10.3. The minimum atomic E-state index is -0.220. The minimum Gasteiger partial charge on any atom is -0.321 e. The molecule has 7 heteroatoms. The number of thioether (sulfide) groups is 1. The highest BCUT2D eigenvalue weighted by Gasteiger charge is 2.16. The minimum absolute atomic E-state index is 0.216. The van der Waals surface area contributed by atoms with Crippen molar-refractivity contribution in [3.63, 3.8) is 0 Å². The number of hydrogen-bond acceptors (Lipinski definition) is 5. The van der Waals surface area contributed by atoms with E-state index in [1.54, 1.807) is 24.3 Å². The Bertz CT molecular complexity index is 1160. The van der Waals surface area contributed by atoms with E-state index in [9.17, 15) is 4.79 Å². The van der Waals surface area contributed by atoms with Gasteiger partial charge in [-0.25, -0.2) is 0 Å². The standard InChI is InChI=1S/C22H21N5OS/c1-3-20(29-22-26-24-14-27(22)2)16-9-6-10-18(11-16)25-21(28)19-12-15-7-4-5-8-17(15)13-23-19/h4-14,20H,3H2,1-2H3,(H,25,28). The molecule has 4 aromatic rings. The van der Waals surface area contributed by atoms with Gasteiger partial charge in [0.15, 0.2) is 5.16 Å². The van der Waals surface area contributed by atoms with E-state index in [2.05, 4.69) is 33.5 Å². The van der Waals surface area contributed by atoms with Crippen LogP contribution in [0.4, 0.5) is 5.69 Å². The molecular formula is C22H21N5OS. The maximum Gasteiger partial charge on any atom is 0.274 e. The second-order valence-corrected chi connectivity index (χ2v) is 7.91. The summed E-state index contributed by atoms with van der Waals surface area (Å²) in [4.78, 5) is 17.0. The van der Waals surface area contributed by atoms with E-state index in [0.29, 0.717) is 5.69 Å². The van der Waals surface area contributed by atoms with Crippen LogP contribution in [0.3, 0.4) is 0 Å². The highest BCUT2D eigenvalue weighted by atomic mass is 32.2. The Balaban J connectivity index is 1.53. The topological polar surface area (TPSA) is 72.7 Å². The number of pyridine rings is 1. The van der Waals surface area contributed by atoms with Gasteiger partial charge in [-0.05, 0) is 35.6 Å². The summed E-state index contributed by atoms with van der Waals surface area (Å²) >= 11 is 1.66. The molecule has 1 unspecified atom stereocenters. The summed E-state index contributed by atoms with van der Waals surface area (Å²) in [6.45, 7) is 2.14. The molecule has 2 aromatic carbocycles. The van der Waals surface area contributed by atoms with Crippen molar-refractivity contribution in [3.05, 3.63) is 78.4 Å². The first-order valence-electron chi connectivity index (χ1n) is 9.41. The predicted molar refractivity (Wildman–Crippen MR) is 116 cm³/mol. The molecule has 4 rings (SSSR count). The lowest BCUT2D eigenvalue weighted by Crippen LogP contribution is -2.13. The van der Waals surface area contributed by atoms with E-state index in [4.69, 9.17) is 0 Å². The quantitative estimate of drug-likeness (QED) is 0.466. The van der Waals surface area contributed by atoms with Crippen LogP contribution in [0.5, 0.6) is 0 Å². The fourth-order valence-electron chi connectivity index (χ4n) is 3.11. The number of anilines is 1. The maximum absolute atomic E-state index is 12.7. The van der Waals surface area contributed by atoms with Crippen molar-refractivity contribution in [2.45, 2.75) is 23.8 Å². The Morgan fingerprint density at radius 1 is 1.14 bits per heavy atom. The summed E-state index contributed by atoms with van der Waals surface area (Å²) in [7, 11) is 1.93. The fourth-order valence-corrected chi connectivity index (χ4v) is 4.12. The van der Waals surface area contributed by atoms with Crippen molar-refractivity contribution in [3.8, 4) is 0 Å². The second-order valence-electron chi connectivity index (χ2n) is 6.74. The summed E-state index contributed by atoms with van der Waals surface area (Å²) in [6.07, 6.45) is 4.36. The molecule has 1 N–H and O–H groups in total. The highest BCUT2D eigenvalue weighted by molar-refractivity contribution is 7.99. The van der Waals surface area contributed by atoms with E-state index >= 15 is 0 Å². The first-order chi connectivity index (χ1) is 14.1. The number of nitrogens with zero attached hydrogens (tertiary/aromatic N) is 4. The number of fused-ring (bicyclic) bond motifs is 1. The monoisotopic (exact) mass is 403 g/mol. The van der Waals surface area contributed by atoms with E-state index < -0.39 is 0 Å². The maximum atomic E-state index is 12.7. The Morgan fingerprint density at radius 3 is 2.72 bits per heavy atom. The molecule has 0 fully saturated rings. The zero-order valence-corrected chi connectivity index (χ0v) is 17.1. The molecule has 0 spiro atoms. The molecule has 0 aliphatic carbocycles. The zero-order chi connectivity index (χ0) is 20.2. The molecule has 0 saturated heterocycles. The molecule has 6 nitrogen and oxygen atoms in total. The summed E-state index contributed by atoms with van der Waals surface area (Å²) in [5, 5.41) is 14.2. The first kappa shape index (κ1) is 19.1. The Labute approximate surface area is 173 Å². The summed E-state index contributed by atoms with van der Waals surface area (Å²) < 4.78 is 1.91. The van der Waals surface area contributed by atoms with Crippen LogP contribution < -0.4 is 5.32 Å². The molecule has 0 aliphatic rings. The Hall–Kier alpha value is -3.19. The average molecular weight is 404 g/mol. The Morgan fingerprint density at radius 2 is 1.97 bits per heavy atom. The number of benzene rings is 2. The molecule has 29 heavy (non-hydrogen) atoms. The van der Waals surface area contributed by atoms with Gasteiger partial charge < -0.3 is 9.88 Å². The average Bonchev–Trinajstić information content (AvgIpc) is 3.16. The van der Waals surface area contributed by atoms with E-state index in [0.717, 1.165) is 33.6 Å². The van der Waals surface area contributed by atoms with Crippen LogP contribution in [0.1, 0.15) is 34.6 Å². The molecule has 0 bridgehead atoms. The van der Waals surface area contributed by atoms with Gasteiger partial charge in [-0.1, -0.05) is 55.1 Å².